The van der Waals surface area contributed by atoms with Gasteiger partial charge in [-0.25, -0.2) is 20.0 Å². The van der Waals surface area contributed by atoms with E-state index in [2.05, 4.69) is 51.8 Å². The van der Waals surface area contributed by atoms with Gasteiger partial charge in [-0.15, -0.1) is 0 Å². The van der Waals surface area contributed by atoms with Crippen LogP contribution >= 0.6 is 31.9 Å². The van der Waals surface area contributed by atoms with Crippen molar-refractivity contribution in [2.45, 2.75) is 0 Å². The minimum Gasteiger partial charge on any atom is -0.858 e. The zero-order valence-electron chi connectivity index (χ0n) is 15.9. The summed E-state index contributed by atoms with van der Waals surface area (Å²) in [6, 6.07) is 14.6. The molecule has 11 heteroatoms. The van der Waals surface area contributed by atoms with Gasteiger partial charge in [0.05, 0.1) is 13.1 Å². The second-order valence-corrected chi connectivity index (χ2v) is 7.53. The van der Waals surface area contributed by atoms with Crippen LogP contribution in [0.15, 0.2) is 77.4 Å². The first-order chi connectivity index (χ1) is 14.5. The quantitative estimate of drug-likeness (QED) is 0.298. The van der Waals surface area contributed by atoms with E-state index in [1.807, 2.05) is 12.1 Å². The molecule has 4 rings (SSSR count). The van der Waals surface area contributed by atoms with Crippen molar-refractivity contribution in [1.29, 1.82) is 0 Å². The van der Waals surface area contributed by atoms with Crippen LogP contribution in [0.1, 0.15) is 11.1 Å². The smallest absolute Gasteiger partial charge is 0.858 e. The molecule has 31 heavy (non-hydrogen) atoms. The number of hydrogen-bond acceptors (Lipinski definition) is 8. The van der Waals surface area contributed by atoms with Gasteiger partial charge in [0.15, 0.2) is 0 Å². The van der Waals surface area contributed by atoms with Crippen molar-refractivity contribution < 1.29 is 36.8 Å². The van der Waals surface area contributed by atoms with E-state index < -0.39 is 0 Å². The minimum absolute atomic E-state index is 0. The van der Waals surface area contributed by atoms with Crippen LogP contribution in [-0.2, 0) is 26.5 Å². The van der Waals surface area contributed by atoms with Crippen molar-refractivity contribution in [3.8, 4) is 0 Å². The SMILES string of the molecule is [Cu+2].[O-]/C(=N\C1=NCCO1)c1ccccc1Br.[O-]/C(=N\C1=NCCO1)c1ccccc1Br. The van der Waals surface area contributed by atoms with Crippen LogP contribution in [0.25, 0.3) is 0 Å². The van der Waals surface area contributed by atoms with Crippen molar-refractivity contribution in [2.75, 3.05) is 26.3 Å². The maximum absolute atomic E-state index is 11.7. The number of hydrogen-bond donors (Lipinski definition) is 0. The van der Waals surface area contributed by atoms with Crippen LogP contribution in [0.2, 0.25) is 0 Å². The zero-order chi connectivity index (χ0) is 21.3. The predicted octanol–water partition coefficient (Wildman–Crippen LogP) is 1.88. The first-order valence-corrected chi connectivity index (χ1v) is 10.5. The molecule has 0 aliphatic carbocycles. The van der Waals surface area contributed by atoms with Crippen LogP contribution in [0.4, 0.5) is 0 Å². The molecule has 0 saturated heterocycles. The largest absolute Gasteiger partial charge is 2.00 e. The van der Waals surface area contributed by atoms with Gasteiger partial charge < -0.3 is 19.7 Å². The first-order valence-electron chi connectivity index (χ1n) is 8.90. The molecule has 2 aromatic rings. The fourth-order valence-corrected chi connectivity index (χ4v) is 3.26. The van der Waals surface area contributed by atoms with Gasteiger partial charge in [0.1, 0.15) is 13.2 Å². The number of benzene rings is 2. The Labute approximate surface area is 206 Å². The molecule has 1 radical (unpaired) electrons. The van der Waals surface area contributed by atoms with Gasteiger partial charge in [0.2, 0.25) is 0 Å². The number of halogens is 2. The molecule has 0 bridgehead atoms. The van der Waals surface area contributed by atoms with Crippen molar-refractivity contribution >= 4 is 55.7 Å². The Kier molecular flexibility index (Phi) is 10.2. The van der Waals surface area contributed by atoms with Crippen molar-refractivity contribution in [3.05, 3.63) is 68.6 Å². The summed E-state index contributed by atoms with van der Waals surface area (Å²) in [6.07, 6.45) is 0. The standard InChI is InChI=1S/2C10H9BrN2O2.Cu/c2*11-8-4-2-1-3-7(8)9(14)13-10-12-5-6-15-10;/h2*1-4H,5-6H2,(H,12,13,14);/q;;+2/p-2. The van der Waals surface area contributed by atoms with Gasteiger partial charge in [-0.05, 0) is 23.3 Å². The average Bonchev–Trinajstić information content (AvgIpc) is 3.43. The maximum atomic E-state index is 11.7. The summed E-state index contributed by atoms with van der Waals surface area (Å²) < 4.78 is 11.5. The molecule has 8 nitrogen and oxygen atoms in total. The molecule has 0 amide bonds. The number of rotatable bonds is 2. The molecule has 0 unspecified atom stereocenters. The molecule has 0 atom stereocenters. The Bertz CT molecular complexity index is 946. The summed E-state index contributed by atoms with van der Waals surface area (Å²) in [5.41, 5.74) is 1.02. The summed E-state index contributed by atoms with van der Waals surface area (Å²) >= 11 is 6.57. The van der Waals surface area contributed by atoms with Crippen LogP contribution in [0.5, 0.6) is 0 Å². The molecule has 2 aliphatic rings. The Morgan fingerprint density at radius 2 is 1.13 bits per heavy atom. The van der Waals surface area contributed by atoms with E-state index in [4.69, 9.17) is 9.47 Å². The molecule has 0 saturated carbocycles. The summed E-state index contributed by atoms with van der Waals surface area (Å²) in [7, 11) is 0. The van der Waals surface area contributed by atoms with Crippen LogP contribution < -0.4 is 10.2 Å². The molecule has 2 heterocycles. The van der Waals surface area contributed by atoms with E-state index in [0.29, 0.717) is 37.4 Å². The summed E-state index contributed by atoms with van der Waals surface area (Å²) in [6.45, 7) is 2.15. The molecule has 0 fully saturated rings. The monoisotopic (exact) mass is 597 g/mol. The van der Waals surface area contributed by atoms with Gasteiger partial charge in [-0.2, -0.15) is 0 Å². The van der Waals surface area contributed by atoms with E-state index in [1.54, 1.807) is 36.4 Å². The zero-order valence-corrected chi connectivity index (χ0v) is 20.0. The molecular weight excluding hydrogens is 584 g/mol. The molecular formula is C20H16Br2CuN4O4. The van der Waals surface area contributed by atoms with E-state index in [1.165, 1.54) is 0 Å². The fourth-order valence-electron chi connectivity index (χ4n) is 2.35. The predicted molar refractivity (Wildman–Crippen MR) is 118 cm³/mol. The second-order valence-electron chi connectivity index (χ2n) is 5.82. The molecule has 0 aromatic heterocycles. The third-order valence-electron chi connectivity index (χ3n) is 3.74. The molecule has 2 aliphatic heterocycles. The van der Waals surface area contributed by atoms with Crippen molar-refractivity contribution in [3.63, 3.8) is 0 Å². The van der Waals surface area contributed by atoms with Crippen LogP contribution in [0.3, 0.4) is 0 Å². The third-order valence-corrected chi connectivity index (χ3v) is 5.12. The second kappa shape index (κ2) is 12.6. The maximum Gasteiger partial charge on any atom is 2.00 e. The molecule has 165 valence electrons. The average molecular weight is 600 g/mol. The van der Waals surface area contributed by atoms with Crippen molar-refractivity contribution in [1.82, 2.24) is 0 Å². The number of nitrogens with zero attached hydrogens (tertiary/aromatic N) is 4. The van der Waals surface area contributed by atoms with Gasteiger partial charge >= 0.3 is 29.1 Å². The fraction of sp³-hybridized carbons (Fsp3) is 0.200. The molecule has 0 spiro atoms. The summed E-state index contributed by atoms with van der Waals surface area (Å²) in [4.78, 5) is 15.4. The molecule has 0 N–H and O–H groups in total. The third kappa shape index (κ3) is 7.46. The summed E-state index contributed by atoms with van der Waals surface area (Å²) in [5.74, 6) is -0.689. The Morgan fingerprint density at radius 3 is 1.45 bits per heavy atom. The van der Waals surface area contributed by atoms with Gasteiger partial charge in [-0.3, -0.25) is 0 Å². The number of ether oxygens (including phenoxy) is 2. The normalized spacial score (nSPS) is 15.5. The number of aliphatic imine (C=N–C) groups is 4. The molecule has 2 aromatic carbocycles. The van der Waals surface area contributed by atoms with Gasteiger partial charge in [0, 0.05) is 20.7 Å². The van der Waals surface area contributed by atoms with E-state index in [-0.39, 0.29) is 40.9 Å². The Balaban J connectivity index is 0.000000213. The first kappa shape index (κ1) is 25.1. The Morgan fingerprint density at radius 1 is 0.742 bits per heavy atom. The van der Waals surface area contributed by atoms with E-state index in [0.717, 1.165) is 8.95 Å². The van der Waals surface area contributed by atoms with E-state index >= 15 is 0 Å². The van der Waals surface area contributed by atoms with Gasteiger partial charge in [-0.1, -0.05) is 68.3 Å². The minimum atomic E-state index is -0.344. The Hall–Kier alpha value is -2.20. The number of amidine groups is 2. The van der Waals surface area contributed by atoms with Crippen LogP contribution in [-0.4, -0.2) is 50.1 Å². The van der Waals surface area contributed by atoms with Gasteiger partial charge in [0.25, 0.3) is 0 Å². The topological polar surface area (TPSA) is 114 Å². The van der Waals surface area contributed by atoms with Crippen molar-refractivity contribution in [2.24, 2.45) is 20.0 Å². The van der Waals surface area contributed by atoms with E-state index in [9.17, 15) is 10.2 Å². The summed E-state index contributed by atoms with van der Waals surface area (Å²) in [5, 5.41) is 23.3. The van der Waals surface area contributed by atoms with Crippen LogP contribution in [0, 0.1) is 0 Å².